The van der Waals surface area contributed by atoms with Crippen LogP contribution in [0.25, 0.3) is 0 Å². The molecule has 0 aliphatic rings. The number of carboxylic acid groups (broad SMARTS) is 1. The quantitative estimate of drug-likeness (QED) is 0.0567. The number of carboxylic acids is 1. The van der Waals surface area contributed by atoms with Gasteiger partial charge in [0.05, 0.1) is 0 Å². The van der Waals surface area contributed by atoms with E-state index in [-0.39, 0.29) is 18.5 Å². The molecule has 0 saturated heterocycles. The Balaban J connectivity index is 4.03. The Morgan fingerprint density at radius 3 is 1.02 bits per heavy atom. The number of aliphatic carboxylic acids is 1. The van der Waals surface area contributed by atoms with E-state index in [1.807, 2.05) is 0 Å². The van der Waals surface area contributed by atoms with Crippen molar-refractivity contribution in [2.24, 2.45) is 0 Å². The van der Waals surface area contributed by atoms with Gasteiger partial charge in [-0.25, -0.2) is 0 Å². The highest BCUT2D eigenvalue weighted by Gasteiger charge is 2.14. The van der Waals surface area contributed by atoms with Gasteiger partial charge in [0, 0.05) is 12.8 Å². The van der Waals surface area contributed by atoms with Crippen LogP contribution in [0.5, 0.6) is 0 Å². The van der Waals surface area contributed by atoms with E-state index in [1.165, 1.54) is 141 Å². The van der Waals surface area contributed by atoms with Gasteiger partial charge in [0.25, 0.3) is 0 Å². The first-order valence-electron chi connectivity index (χ1n) is 19.5. The number of unbranched alkanes of at least 4 members (excludes halogenated alkanes) is 27. The van der Waals surface area contributed by atoms with Gasteiger partial charge in [0.2, 0.25) is 0 Å². The Hall–Kier alpha value is -1.06. The molecule has 0 amide bonds. The van der Waals surface area contributed by atoms with E-state index in [0.717, 1.165) is 64.2 Å². The maximum Gasteiger partial charge on any atom is 0.306 e. The third-order valence-corrected chi connectivity index (χ3v) is 9.08. The summed E-state index contributed by atoms with van der Waals surface area (Å²) in [5.74, 6) is -0.671. The number of ether oxygens (including phenoxy) is 1. The van der Waals surface area contributed by atoms with Crippen LogP contribution in [0.2, 0.25) is 0 Å². The van der Waals surface area contributed by atoms with Crippen molar-refractivity contribution in [3.8, 4) is 0 Å². The predicted octanol–water partition coefficient (Wildman–Crippen LogP) is 13.3. The summed E-state index contributed by atoms with van der Waals surface area (Å²) in [4.78, 5) is 23.3. The van der Waals surface area contributed by atoms with Gasteiger partial charge < -0.3 is 9.84 Å². The molecule has 0 rings (SSSR count). The van der Waals surface area contributed by atoms with Gasteiger partial charge in [-0.05, 0) is 38.5 Å². The second-order valence-electron chi connectivity index (χ2n) is 13.5. The zero-order valence-electron chi connectivity index (χ0n) is 29.3. The molecular formula is C39H76O4. The summed E-state index contributed by atoms with van der Waals surface area (Å²) in [6, 6.07) is 0. The Kier molecular flexibility index (Phi) is 34.5. The Morgan fingerprint density at radius 1 is 0.419 bits per heavy atom. The Labute approximate surface area is 269 Å². The molecule has 0 radical (unpaired) electrons. The van der Waals surface area contributed by atoms with Crippen molar-refractivity contribution in [2.45, 2.75) is 238 Å². The van der Waals surface area contributed by atoms with E-state index in [9.17, 15) is 9.59 Å². The molecule has 0 aromatic heterocycles. The van der Waals surface area contributed by atoms with Crippen molar-refractivity contribution in [1.82, 2.24) is 0 Å². The molecule has 1 N–H and O–H groups in total. The van der Waals surface area contributed by atoms with E-state index >= 15 is 0 Å². The molecule has 0 aromatic carbocycles. The van der Waals surface area contributed by atoms with Gasteiger partial charge in [-0.15, -0.1) is 0 Å². The predicted molar refractivity (Wildman–Crippen MR) is 186 cm³/mol. The van der Waals surface area contributed by atoms with Crippen molar-refractivity contribution in [3.63, 3.8) is 0 Å². The maximum atomic E-state index is 12.6. The fourth-order valence-corrected chi connectivity index (χ4v) is 6.19. The summed E-state index contributed by atoms with van der Waals surface area (Å²) in [6.45, 7) is 4.56. The SMILES string of the molecule is CCCCCCCCCCCCCCC(=O)OC(CCCCCCCCCCCCCC)CCCCCCCCC(=O)O. The Bertz CT molecular complexity index is 576. The fraction of sp³-hybridized carbons (Fsp3) is 0.949. The van der Waals surface area contributed by atoms with Crippen LogP contribution < -0.4 is 0 Å². The largest absolute Gasteiger partial charge is 0.481 e. The molecule has 4 nitrogen and oxygen atoms in total. The van der Waals surface area contributed by atoms with E-state index in [4.69, 9.17) is 9.84 Å². The van der Waals surface area contributed by atoms with E-state index in [1.54, 1.807) is 0 Å². The summed E-state index contributed by atoms with van der Waals surface area (Å²) in [5.41, 5.74) is 0. The molecule has 0 heterocycles. The highest BCUT2D eigenvalue weighted by atomic mass is 16.5. The van der Waals surface area contributed by atoms with Crippen LogP contribution in [0.4, 0.5) is 0 Å². The topological polar surface area (TPSA) is 63.6 Å². The van der Waals surface area contributed by atoms with Crippen LogP contribution in [-0.2, 0) is 14.3 Å². The maximum absolute atomic E-state index is 12.6. The normalized spacial score (nSPS) is 12.0. The molecule has 0 fully saturated rings. The summed E-state index contributed by atoms with van der Waals surface area (Å²) in [7, 11) is 0. The average molecular weight is 609 g/mol. The van der Waals surface area contributed by atoms with Gasteiger partial charge in [-0.1, -0.05) is 181 Å². The van der Waals surface area contributed by atoms with Crippen LogP contribution in [0.15, 0.2) is 0 Å². The zero-order chi connectivity index (χ0) is 31.5. The van der Waals surface area contributed by atoms with Crippen LogP contribution in [0, 0.1) is 0 Å². The first-order valence-corrected chi connectivity index (χ1v) is 19.5. The molecule has 0 spiro atoms. The second-order valence-corrected chi connectivity index (χ2v) is 13.5. The van der Waals surface area contributed by atoms with Crippen LogP contribution in [0.1, 0.15) is 232 Å². The lowest BCUT2D eigenvalue weighted by Crippen LogP contribution is -2.18. The van der Waals surface area contributed by atoms with E-state index in [0.29, 0.717) is 6.42 Å². The molecule has 1 atom stereocenters. The Morgan fingerprint density at radius 2 is 0.698 bits per heavy atom. The van der Waals surface area contributed by atoms with E-state index in [2.05, 4.69) is 13.8 Å². The van der Waals surface area contributed by atoms with Crippen molar-refractivity contribution in [2.75, 3.05) is 0 Å². The molecule has 4 heteroatoms. The summed E-state index contributed by atoms with van der Waals surface area (Å²) < 4.78 is 6.02. The van der Waals surface area contributed by atoms with Crippen LogP contribution in [-0.4, -0.2) is 23.1 Å². The van der Waals surface area contributed by atoms with Gasteiger partial charge in [-0.2, -0.15) is 0 Å². The lowest BCUT2D eigenvalue weighted by molar-refractivity contribution is -0.150. The number of esters is 1. The third-order valence-electron chi connectivity index (χ3n) is 9.08. The minimum atomic E-state index is -0.689. The molecule has 43 heavy (non-hydrogen) atoms. The zero-order valence-corrected chi connectivity index (χ0v) is 29.3. The van der Waals surface area contributed by atoms with Gasteiger partial charge >= 0.3 is 11.9 Å². The highest BCUT2D eigenvalue weighted by Crippen LogP contribution is 2.19. The summed E-state index contributed by atoms with van der Waals surface area (Å²) >= 11 is 0. The van der Waals surface area contributed by atoms with Gasteiger partial charge in [0.1, 0.15) is 6.10 Å². The molecule has 0 bridgehead atoms. The van der Waals surface area contributed by atoms with Crippen LogP contribution in [0.3, 0.4) is 0 Å². The fourth-order valence-electron chi connectivity index (χ4n) is 6.19. The first-order chi connectivity index (χ1) is 21.1. The number of hydrogen-bond acceptors (Lipinski definition) is 3. The van der Waals surface area contributed by atoms with Crippen molar-refractivity contribution < 1.29 is 19.4 Å². The first kappa shape index (κ1) is 41.9. The third kappa shape index (κ3) is 35.3. The monoisotopic (exact) mass is 609 g/mol. The smallest absolute Gasteiger partial charge is 0.306 e. The van der Waals surface area contributed by atoms with E-state index < -0.39 is 5.97 Å². The number of rotatable bonds is 36. The van der Waals surface area contributed by atoms with Crippen molar-refractivity contribution in [3.05, 3.63) is 0 Å². The van der Waals surface area contributed by atoms with Crippen molar-refractivity contribution >= 4 is 11.9 Å². The molecular weight excluding hydrogens is 532 g/mol. The molecule has 0 aliphatic carbocycles. The highest BCUT2D eigenvalue weighted by molar-refractivity contribution is 5.69. The minimum absolute atomic E-state index is 0.0182. The standard InChI is InChI=1S/C39H76O4/c1-3-5-7-9-11-13-15-17-19-21-25-29-33-37(34-30-26-23-24-27-31-35-38(40)41)43-39(42)36-32-28-22-20-18-16-14-12-10-8-6-4-2/h37H,3-36H2,1-2H3,(H,40,41). The summed E-state index contributed by atoms with van der Waals surface area (Å²) in [6.07, 6.45) is 41.2. The van der Waals surface area contributed by atoms with Gasteiger partial charge in [0.15, 0.2) is 0 Å². The molecule has 0 aromatic rings. The number of hydrogen-bond donors (Lipinski definition) is 1. The lowest BCUT2D eigenvalue weighted by Gasteiger charge is -2.18. The second kappa shape index (κ2) is 35.4. The molecule has 0 aliphatic heterocycles. The summed E-state index contributed by atoms with van der Waals surface area (Å²) in [5, 5.41) is 8.78. The lowest BCUT2D eigenvalue weighted by atomic mass is 10.0. The molecule has 1 unspecified atom stereocenters. The minimum Gasteiger partial charge on any atom is -0.481 e. The number of carbonyl (C=O) groups excluding carboxylic acids is 1. The molecule has 0 saturated carbocycles. The van der Waals surface area contributed by atoms with Crippen LogP contribution >= 0.6 is 0 Å². The van der Waals surface area contributed by atoms with Crippen molar-refractivity contribution in [1.29, 1.82) is 0 Å². The number of carbonyl (C=O) groups is 2. The average Bonchev–Trinajstić information content (AvgIpc) is 2.99. The molecule has 256 valence electrons. The van der Waals surface area contributed by atoms with Gasteiger partial charge in [-0.3, -0.25) is 9.59 Å².